The molecule has 1 heterocycles. The van der Waals surface area contributed by atoms with E-state index in [0.717, 1.165) is 30.8 Å². The summed E-state index contributed by atoms with van der Waals surface area (Å²) in [7, 11) is 0. The number of nitrogens with zero attached hydrogens (tertiary/aromatic N) is 2. The molecule has 0 radical (unpaired) electrons. The van der Waals surface area contributed by atoms with Crippen LogP contribution in [0.5, 0.6) is 0 Å². The first-order chi connectivity index (χ1) is 6.61. The number of aryl methyl sites for hydroxylation is 1. The molecule has 0 amide bonds. The standard InChI is InChI=1S/C10H19N3O/c1-5-10(4,6-2)11-7-9-8(3)12-14-13-9/h11H,5-7H2,1-4H3. The SMILES string of the molecule is CCC(C)(CC)NCc1nonc1C. The Morgan fingerprint density at radius 3 is 2.36 bits per heavy atom. The van der Waals surface area contributed by atoms with Gasteiger partial charge in [-0.15, -0.1) is 0 Å². The molecule has 80 valence electrons. The molecular formula is C10H19N3O. The fraction of sp³-hybridized carbons (Fsp3) is 0.800. The Morgan fingerprint density at radius 2 is 1.93 bits per heavy atom. The average Bonchev–Trinajstić information content (AvgIpc) is 2.61. The zero-order chi connectivity index (χ0) is 10.6. The van der Waals surface area contributed by atoms with Crippen LogP contribution in [0.15, 0.2) is 4.63 Å². The van der Waals surface area contributed by atoms with Crippen LogP contribution in [0.1, 0.15) is 45.0 Å². The average molecular weight is 197 g/mol. The highest BCUT2D eigenvalue weighted by molar-refractivity contribution is 5.04. The molecule has 1 N–H and O–H groups in total. The first-order valence-corrected chi connectivity index (χ1v) is 5.14. The maximum absolute atomic E-state index is 4.64. The second-order valence-electron chi connectivity index (χ2n) is 3.92. The van der Waals surface area contributed by atoms with Gasteiger partial charge in [0.2, 0.25) is 0 Å². The van der Waals surface area contributed by atoms with Crippen molar-refractivity contribution in [2.75, 3.05) is 0 Å². The van der Waals surface area contributed by atoms with E-state index in [1.807, 2.05) is 6.92 Å². The van der Waals surface area contributed by atoms with Gasteiger partial charge in [-0.2, -0.15) is 0 Å². The Kier molecular flexibility index (Phi) is 3.63. The smallest absolute Gasteiger partial charge is 0.121 e. The predicted molar refractivity (Wildman–Crippen MR) is 54.9 cm³/mol. The lowest BCUT2D eigenvalue weighted by molar-refractivity contribution is 0.292. The molecule has 14 heavy (non-hydrogen) atoms. The van der Waals surface area contributed by atoms with Gasteiger partial charge in [0.25, 0.3) is 0 Å². The van der Waals surface area contributed by atoms with Gasteiger partial charge in [-0.25, -0.2) is 4.63 Å². The number of nitrogens with one attached hydrogen (secondary N) is 1. The van der Waals surface area contributed by atoms with Gasteiger partial charge in [0, 0.05) is 12.1 Å². The van der Waals surface area contributed by atoms with Crippen LogP contribution in [-0.4, -0.2) is 15.9 Å². The summed E-state index contributed by atoms with van der Waals surface area (Å²) in [5.74, 6) is 0. The molecule has 0 aromatic carbocycles. The van der Waals surface area contributed by atoms with Crippen LogP contribution in [0, 0.1) is 6.92 Å². The second-order valence-corrected chi connectivity index (χ2v) is 3.92. The van der Waals surface area contributed by atoms with E-state index >= 15 is 0 Å². The molecule has 0 spiro atoms. The molecule has 0 aliphatic carbocycles. The molecule has 0 unspecified atom stereocenters. The van der Waals surface area contributed by atoms with Crippen molar-refractivity contribution in [2.45, 2.75) is 52.6 Å². The third-order valence-electron chi connectivity index (χ3n) is 2.99. The molecule has 4 nitrogen and oxygen atoms in total. The number of hydrogen-bond donors (Lipinski definition) is 1. The number of rotatable bonds is 5. The second kappa shape index (κ2) is 4.55. The summed E-state index contributed by atoms with van der Waals surface area (Å²) in [6, 6.07) is 0. The molecule has 0 fully saturated rings. The van der Waals surface area contributed by atoms with Crippen molar-refractivity contribution in [3.8, 4) is 0 Å². The minimum absolute atomic E-state index is 0.186. The zero-order valence-corrected chi connectivity index (χ0v) is 9.42. The summed E-state index contributed by atoms with van der Waals surface area (Å²) in [6.45, 7) is 9.22. The topological polar surface area (TPSA) is 51.0 Å². The summed E-state index contributed by atoms with van der Waals surface area (Å²) < 4.78 is 4.64. The first-order valence-electron chi connectivity index (χ1n) is 5.14. The Labute approximate surface area is 85.0 Å². The maximum atomic E-state index is 4.64. The molecule has 0 aliphatic heterocycles. The van der Waals surface area contributed by atoms with E-state index in [4.69, 9.17) is 0 Å². The van der Waals surface area contributed by atoms with Crippen molar-refractivity contribution in [3.63, 3.8) is 0 Å². The van der Waals surface area contributed by atoms with Crippen LogP contribution >= 0.6 is 0 Å². The summed E-state index contributed by atoms with van der Waals surface area (Å²) in [5.41, 5.74) is 1.95. The van der Waals surface area contributed by atoms with Gasteiger partial charge in [-0.3, -0.25) is 0 Å². The Hall–Kier alpha value is -0.900. The van der Waals surface area contributed by atoms with Gasteiger partial charge < -0.3 is 5.32 Å². The van der Waals surface area contributed by atoms with Crippen molar-refractivity contribution >= 4 is 0 Å². The van der Waals surface area contributed by atoms with E-state index < -0.39 is 0 Å². The highest BCUT2D eigenvalue weighted by Crippen LogP contribution is 2.14. The lowest BCUT2D eigenvalue weighted by Crippen LogP contribution is -2.40. The van der Waals surface area contributed by atoms with Crippen molar-refractivity contribution in [1.29, 1.82) is 0 Å². The highest BCUT2D eigenvalue weighted by Gasteiger charge is 2.19. The number of aromatic nitrogens is 2. The van der Waals surface area contributed by atoms with Crippen LogP contribution in [0.4, 0.5) is 0 Å². The fourth-order valence-electron chi connectivity index (χ4n) is 1.21. The van der Waals surface area contributed by atoms with Crippen molar-refractivity contribution in [2.24, 2.45) is 0 Å². The lowest BCUT2D eigenvalue weighted by Gasteiger charge is -2.27. The van der Waals surface area contributed by atoms with Crippen LogP contribution in [0.2, 0.25) is 0 Å². The fourth-order valence-corrected chi connectivity index (χ4v) is 1.21. The Bertz CT molecular complexity index is 279. The van der Waals surface area contributed by atoms with Gasteiger partial charge >= 0.3 is 0 Å². The van der Waals surface area contributed by atoms with Crippen LogP contribution in [-0.2, 0) is 6.54 Å². The molecule has 0 aliphatic rings. The maximum Gasteiger partial charge on any atom is 0.121 e. The van der Waals surface area contributed by atoms with Gasteiger partial charge in [0.15, 0.2) is 0 Å². The van der Waals surface area contributed by atoms with E-state index in [0.29, 0.717) is 0 Å². The van der Waals surface area contributed by atoms with Crippen molar-refractivity contribution < 1.29 is 4.63 Å². The van der Waals surface area contributed by atoms with Crippen molar-refractivity contribution in [3.05, 3.63) is 11.4 Å². The third kappa shape index (κ3) is 2.54. The Balaban J connectivity index is 2.52. The summed E-state index contributed by atoms with van der Waals surface area (Å²) in [6.07, 6.45) is 2.21. The van der Waals surface area contributed by atoms with E-state index in [2.05, 4.69) is 41.0 Å². The summed E-state index contributed by atoms with van der Waals surface area (Å²) in [5, 5.41) is 11.1. The monoisotopic (exact) mass is 197 g/mol. The highest BCUT2D eigenvalue weighted by atomic mass is 16.6. The quantitative estimate of drug-likeness (QED) is 0.784. The third-order valence-corrected chi connectivity index (χ3v) is 2.99. The molecule has 0 saturated heterocycles. The largest absolute Gasteiger partial charge is 0.306 e. The van der Waals surface area contributed by atoms with E-state index in [-0.39, 0.29) is 5.54 Å². The molecule has 0 saturated carbocycles. The van der Waals surface area contributed by atoms with Crippen LogP contribution in [0.3, 0.4) is 0 Å². The minimum Gasteiger partial charge on any atom is -0.306 e. The zero-order valence-electron chi connectivity index (χ0n) is 9.42. The Morgan fingerprint density at radius 1 is 1.29 bits per heavy atom. The van der Waals surface area contributed by atoms with Crippen LogP contribution in [0.25, 0.3) is 0 Å². The normalized spacial score (nSPS) is 12.0. The molecule has 1 aromatic rings. The minimum atomic E-state index is 0.186. The van der Waals surface area contributed by atoms with E-state index in [1.165, 1.54) is 0 Å². The molecule has 0 atom stereocenters. The lowest BCUT2D eigenvalue weighted by atomic mass is 9.95. The summed E-state index contributed by atoms with van der Waals surface area (Å²) >= 11 is 0. The molecule has 0 bridgehead atoms. The first kappa shape index (κ1) is 11.2. The summed E-state index contributed by atoms with van der Waals surface area (Å²) in [4.78, 5) is 0. The van der Waals surface area contributed by atoms with Gasteiger partial charge in [0.1, 0.15) is 11.4 Å². The van der Waals surface area contributed by atoms with Crippen LogP contribution < -0.4 is 5.32 Å². The molecular weight excluding hydrogens is 178 g/mol. The van der Waals surface area contributed by atoms with E-state index in [1.54, 1.807) is 0 Å². The van der Waals surface area contributed by atoms with Gasteiger partial charge in [-0.1, -0.05) is 24.2 Å². The molecule has 1 rings (SSSR count). The van der Waals surface area contributed by atoms with Gasteiger partial charge in [-0.05, 0) is 26.7 Å². The predicted octanol–water partition coefficient (Wildman–Crippen LogP) is 2.05. The van der Waals surface area contributed by atoms with Crippen molar-refractivity contribution in [1.82, 2.24) is 15.6 Å². The van der Waals surface area contributed by atoms with Gasteiger partial charge in [0.05, 0.1) is 0 Å². The van der Waals surface area contributed by atoms with E-state index in [9.17, 15) is 0 Å². The number of hydrogen-bond acceptors (Lipinski definition) is 4. The molecule has 4 heteroatoms. The molecule has 1 aromatic heterocycles.